The number of nitrogens with zero attached hydrogens (tertiary/aromatic N) is 2. The van der Waals surface area contributed by atoms with Crippen molar-refractivity contribution < 1.29 is 27.2 Å². The lowest BCUT2D eigenvalue weighted by molar-refractivity contribution is -0.114. The molecule has 3 aromatic rings. The molecular formula is C26H24N2O6S. The van der Waals surface area contributed by atoms with E-state index in [4.69, 9.17) is 14.0 Å². The second-order valence-electron chi connectivity index (χ2n) is 7.82. The summed E-state index contributed by atoms with van der Waals surface area (Å²) in [7, 11) is -2.76. The number of hydrogen-bond donors (Lipinski definition) is 1. The van der Waals surface area contributed by atoms with Crippen molar-refractivity contribution in [2.45, 2.75) is 18.2 Å². The number of amides is 1. The summed E-state index contributed by atoms with van der Waals surface area (Å²) in [6.07, 6.45) is 2.48. The Hall–Kier alpha value is -3.95. The maximum atomic E-state index is 13.0. The molecule has 180 valence electrons. The van der Waals surface area contributed by atoms with Gasteiger partial charge in [-0.05, 0) is 60.5 Å². The molecule has 0 atom stereocenters. The van der Waals surface area contributed by atoms with Crippen LogP contribution in [0.15, 0.2) is 88.4 Å². The maximum Gasteiger partial charge on any atom is 0.294 e. The van der Waals surface area contributed by atoms with Crippen LogP contribution in [-0.4, -0.2) is 38.3 Å². The molecular weight excluding hydrogens is 468 g/mol. The zero-order valence-corrected chi connectivity index (χ0v) is 20.0. The lowest BCUT2D eigenvalue weighted by atomic mass is 10.1. The van der Waals surface area contributed by atoms with Crippen LogP contribution >= 0.6 is 0 Å². The summed E-state index contributed by atoms with van der Waals surface area (Å²) >= 11 is 0. The van der Waals surface area contributed by atoms with E-state index < -0.39 is 10.1 Å². The van der Waals surface area contributed by atoms with E-state index in [1.54, 1.807) is 32.2 Å². The molecule has 9 heteroatoms. The third kappa shape index (κ3) is 5.59. The van der Waals surface area contributed by atoms with Gasteiger partial charge in [-0.3, -0.25) is 9.35 Å². The molecule has 0 bridgehead atoms. The van der Waals surface area contributed by atoms with E-state index in [9.17, 15) is 13.2 Å². The van der Waals surface area contributed by atoms with Gasteiger partial charge in [0.2, 0.25) is 0 Å². The van der Waals surface area contributed by atoms with E-state index >= 15 is 0 Å². The SMILES string of the molecule is COc1cc(C=C2C(=O)N(c3ccc(S(=O)(=O)O)cc3)N=C2C)ccc1OCCc1ccccc1. The zero-order chi connectivity index (χ0) is 25.0. The third-order valence-electron chi connectivity index (χ3n) is 5.43. The highest BCUT2D eigenvalue weighted by molar-refractivity contribution is 7.85. The van der Waals surface area contributed by atoms with Gasteiger partial charge in [0.25, 0.3) is 16.0 Å². The first-order valence-corrected chi connectivity index (χ1v) is 12.2. The quantitative estimate of drug-likeness (QED) is 0.370. The zero-order valence-electron chi connectivity index (χ0n) is 19.2. The Bertz CT molecular complexity index is 1400. The maximum absolute atomic E-state index is 13.0. The minimum Gasteiger partial charge on any atom is -0.493 e. The lowest BCUT2D eigenvalue weighted by Crippen LogP contribution is -2.21. The molecule has 0 unspecified atom stereocenters. The van der Waals surface area contributed by atoms with Crippen molar-refractivity contribution in [2.75, 3.05) is 18.7 Å². The summed E-state index contributed by atoms with van der Waals surface area (Å²) < 4.78 is 43.0. The number of hydrazone groups is 1. The minimum atomic E-state index is -4.32. The number of carbonyl (C=O) groups excluding carboxylic acids is 1. The number of anilines is 1. The van der Waals surface area contributed by atoms with Crippen molar-refractivity contribution in [1.29, 1.82) is 0 Å². The average Bonchev–Trinajstić information content (AvgIpc) is 3.13. The van der Waals surface area contributed by atoms with Crippen LogP contribution in [0.25, 0.3) is 6.08 Å². The molecule has 1 aliphatic rings. The molecule has 0 spiro atoms. The number of carbonyl (C=O) groups is 1. The predicted octanol–water partition coefficient (Wildman–Crippen LogP) is 4.37. The molecule has 0 saturated heterocycles. The fourth-order valence-electron chi connectivity index (χ4n) is 3.60. The second kappa shape index (κ2) is 10.1. The Labute approximate surface area is 203 Å². The van der Waals surface area contributed by atoms with Gasteiger partial charge in [-0.15, -0.1) is 0 Å². The van der Waals surface area contributed by atoms with Gasteiger partial charge < -0.3 is 9.47 Å². The lowest BCUT2D eigenvalue weighted by Gasteiger charge is -2.13. The van der Waals surface area contributed by atoms with Crippen molar-refractivity contribution in [2.24, 2.45) is 5.10 Å². The van der Waals surface area contributed by atoms with E-state index in [-0.39, 0.29) is 10.8 Å². The molecule has 0 fully saturated rings. The van der Waals surface area contributed by atoms with Crippen LogP contribution < -0.4 is 14.5 Å². The standard InChI is InChI=1S/C26H24N2O6S/c1-18-23(26(29)28(27-18)21-9-11-22(12-10-21)35(30,31)32)16-20-8-13-24(25(17-20)33-2)34-15-14-19-6-4-3-5-7-19/h3-13,16-17H,14-15H2,1-2H3,(H,30,31,32). The Morgan fingerprint density at radius 2 is 1.71 bits per heavy atom. The first-order valence-electron chi connectivity index (χ1n) is 10.8. The molecule has 0 radical (unpaired) electrons. The highest BCUT2D eigenvalue weighted by Gasteiger charge is 2.29. The highest BCUT2D eigenvalue weighted by Crippen LogP contribution is 2.31. The van der Waals surface area contributed by atoms with Crippen molar-refractivity contribution in [3.63, 3.8) is 0 Å². The van der Waals surface area contributed by atoms with Gasteiger partial charge in [0.1, 0.15) is 0 Å². The van der Waals surface area contributed by atoms with Crippen molar-refractivity contribution in [3.8, 4) is 11.5 Å². The van der Waals surface area contributed by atoms with Gasteiger partial charge in [0.15, 0.2) is 11.5 Å². The Balaban J connectivity index is 1.49. The minimum absolute atomic E-state index is 0.262. The molecule has 1 N–H and O–H groups in total. The predicted molar refractivity (Wildman–Crippen MR) is 133 cm³/mol. The molecule has 0 saturated carbocycles. The summed E-state index contributed by atoms with van der Waals surface area (Å²) in [6, 6.07) is 20.7. The van der Waals surface area contributed by atoms with Gasteiger partial charge in [-0.2, -0.15) is 18.5 Å². The number of rotatable bonds is 8. The summed E-state index contributed by atoms with van der Waals surface area (Å²) in [5.74, 6) is 0.795. The van der Waals surface area contributed by atoms with Crippen molar-refractivity contribution >= 4 is 33.5 Å². The molecule has 1 heterocycles. The van der Waals surface area contributed by atoms with Crippen LogP contribution in [0.2, 0.25) is 0 Å². The molecule has 4 rings (SSSR count). The van der Waals surface area contributed by atoms with Crippen molar-refractivity contribution in [3.05, 3.63) is 89.5 Å². The first-order chi connectivity index (χ1) is 16.8. The molecule has 0 aliphatic carbocycles. The van der Waals surface area contributed by atoms with E-state index in [1.807, 2.05) is 36.4 Å². The fraction of sp³-hybridized carbons (Fsp3) is 0.154. The van der Waals surface area contributed by atoms with E-state index in [0.29, 0.717) is 35.1 Å². The molecule has 3 aromatic carbocycles. The number of ether oxygens (including phenoxy) is 2. The molecule has 35 heavy (non-hydrogen) atoms. The van der Waals surface area contributed by atoms with Crippen LogP contribution in [0.4, 0.5) is 5.69 Å². The van der Waals surface area contributed by atoms with Crippen LogP contribution in [-0.2, 0) is 21.3 Å². The second-order valence-corrected chi connectivity index (χ2v) is 9.25. The summed E-state index contributed by atoms with van der Waals surface area (Å²) in [5.41, 5.74) is 3.20. The van der Waals surface area contributed by atoms with Crippen LogP contribution in [0.3, 0.4) is 0 Å². The molecule has 1 aliphatic heterocycles. The Kier molecular flexibility index (Phi) is 6.99. The third-order valence-corrected chi connectivity index (χ3v) is 6.30. The van der Waals surface area contributed by atoms with E-state index in [2.05, 4.69) is 5.10 Å². The molecule has 1 amide bonds. The van der Waals surface area contributed by atoms with Crippen molar-refractivity contribution in [1.82, 2.24) is 0 Å². The monoisotopic (exact) mass is 492 g/mol. The molecule has 0 aromatic heterocycles. The van der Waals surface area contributed by atoms with Gasteiger partial charge in [-0.25, -0.2) is 0 Å². The number of methoxy groups -OCH3 is 1. The van der Waals surface area contributed by atoms with Crippen LogP contribution in [0, 0.1) is 0 Å². The van der Waals surface area contributed by atoms with Gasteiger partial charge in [0.05, 0.1) is 35.6 Å². The Morgan fingerprint density at radius 1 is 1.00 bits per heavy atom. The van der Waals surface area contributed by atoms with Crippen LogP contribution in [0.5, 0.6) is 11.5 Å². The first kappa shape index (κ1) is 24.2. The highest BCUT2D eigenvalue weighted by atomic mass is 32.2. The summed E-state index contributed by atoms with van der Waals surface area (Å²) in [4.78, 5) is 12.8. The normalized spacial score (nSPS) is 14.8. The van der Waals surface area contributed by atoms with Gasteiger partial charge in [-0.1, -0.05) is 36.4 Å². The fourth-order valence-corrected chi connectivity index (χ4v) is 4.08. The molecule has 8 nitrogen and oxygen atoms in total. The number of hydrogen-bond acceptors (Lipinski definition) is 6. The topological polar surface area (TPSA) is 106 Å². The largest absolute Gasteiger partial charge is 0.493 e. The van der Waals surface area contributed by atoms with Crippen LogP contribution in [0.1, 0.15) is 18.1 Å². The summed E-state index contributed by atoms with van der Waals surface area (Å²) in [5, 5.41) is 5.49. The van der Waals surface area contributed by atoms with Gasteiger partial charge in [0, 0.05) is 6.42 Å². The Morgan fingerprint density at radius 3 is 2.37 bits per heavy atom. The smallest absolute Gasteiger partial charge is 0.294 e. The van der Waals surface area contributed by atoms with Gasteiger partial charge >= 0.3 is 0 Å². The summed E-state index contributed by atoms with van der Waals surface area (Å²) in [6.45, 7) is 2.21. The average molecular weight is 493 g/mol. The van der Waals surface area contributed by atoms with E-state index in [1.165, 1.54) is 34.8 Å². The number of benzene rings is 3. The van der Waals surface area contributed by atoms with E-state index in [0.717, 1.165) is 12.0 Å².